The summed E-state index contributed by atoms with van der Waals surface area (Å²) < 4.78 is 13.5. The summed E-state index contributed by atoms with van der Waals surface area (Å²) in [5, 5.41) is 3.37. The number of anilines is 2. The first-order chi connectivity index (χ1) is 8.60. The number of rotatable bonds is 3. The van der Waals surface area contributed by atoms with Crippen LogP contribution in [0.2, 0.25) is 5.02 Å². The first kappa shape index (κ1) is 12.7. The molecule has 0 bridgehead atoms. The normalized spacial score (nSPS) is 10.4. The molecule has 0 atom stereocenters. The Hall–Kier alpha value is -1.72. The van der Waals surface area contributed by atoms with Crippen molar-refractivity contribution in [1.82, 2.24) is 9.97 Å². The zero-order valence-corrected chi connectivity index (χ0v) is 10.5. The molecule has 0 aliphatic rings. The molecule has 18 heavy (non-hydrogen) atoms. The fraction of sp³-hybridized carbons (Fsp3) is 0.167. The molecule has 4 nitrogen and oxygen atoms in total. The molecule has 1 heterocycles. The number of halogens is 2. The Balaban J connectivity index is 2.30. The van der Waals surface area contributed by atoms with E-state index in [0.29, 0.717) is 27.9 Å². The maximum absolute atomic E-state index is 13.5. The van der Waals surface area contributed by atoms with Gasteiger partial charge in [0.2, 0.25) is 0 Å². The summed E-state index contributed by atoms with van der Waals surface area (Å²) in [6, 6.07) is 4.55. The van der Waals surface area contributed by atoms with Crippen molar-refractivity contribution in [1.29, 1.82) is 0 Å². The Morgan fingerprint density at radius 1 is 1.44 bits per heavy atom. The van der Waals surface area contributed by atoms with Crippen LogP contribution in [0.5, 0.6) is 0 Å². The highest BCUT2D eigenvalue weighted by molar-refractivity contribution is 6.33. The summed E-state index contributed by atoms with van der Waals surface area (Å²) in [6.45, 7) is 1.90. The molecule has 2 rings (SSSR count). The van der Waals surface area contributed by atoms with Crippen LogP contribution in [-0.4, -0.2) is 9.97 Å². The Kier molecular flexibility index (Phi) is 3.74. The number of hydrogen-bond acceptors (Lipinski definition) is 4. The van der Waals surface area contributed by atoms with Gasteiger partial charge in [-0.3, -0.25) is 0 Å². The number of benzene rings is 1. The number of nitrogens with two attached hydrogens (primary N) is 1. The second-order valence-electron chi connectivity index (χ2n) is 3.77. The Labute approximate surface area is 109 Å². The van der Waals surface area contributed by atoms with Gasteiger partial charge in [0.05, 0.1) is 17.3 Å². The van der Waals surface area contributed by atoms with Gasteiger partial charge in [0, 0.05) is 6.20 Å². The average Bonchev–Trinajstić information content (AvgIpc) is 2.36. The summed E-state index contributed by atoms with van der Waals surface area (Å²) in [6.07, 6.45) is 1.58. The lowest BCUT2D eigenvalue weighted by Crippen LogP contribution is -2.05. The minimum atomic E-state index is -0.324. The lowest BCUT2D eigenvalue weighted by molar-refractivity contribution is 0.619. The molecular formula is C12H12ClFN4. The van der Waals surface area contributed by atoms with Crippen LogP contribution >= 0.6 is 11.6 Å². The van der Waals surface area contributed by atoms with Crippen molar-refractivity contribution in [2.75, 3.05) is 5.32 Å². The van der Waals surface area contributed by atoms with E-state index in [2.05, 4.69) is 15.3 Å². The van der Waals surface area contributed by atoms with E-state index < -0.39 is 0 Å². The molecule has 0 saturated heterocycles. The van der Waals surface area contributed by atoms with Crippen molar-refractivity contribution in [2.45, 2.75) is 13.5 Å². The van der Waals surface area contributed by atoms with Gasteiger partial charge in [0.15, 0.2) is 0 Å². The molecule has 94 valence electrons. The number of nitrogens with one attached hydrogen (secondary N) is 1. The van der Waals surface area contributed by atoms with Crippen LogP contribution in [0.25, 0.3) is 0 Å². The van der Waals surface area contributed by atoms with Crippen molar-refractivity contribution >= 4 is 23.1 Å². The lowest BCUT2D eigenvalue weighted by Gasteiger charge is -2.09. The smallest absolute Gasteiger partial charge is 0.144 e. The van der Waals surface area contributed by atoms with E-state index in [0.717, 1.165) is 0 Å². The van der Waals surface area contributed by atoms with Crippen molar-refractivity contribution in [3.63, 3.8) is 0 Å². The summed E-state index contributed by atoms with van der Waals surface area (Å²) >= 11 is 6.03. The van der Waals surface area contributed by atoms with Gasteiger partial charge in [0.25, 0.3) is 0 Å². The Bertz CT molecular complexity index is 574. The van der Waals surface area contributed by atoms with E-state index in [1.807, 2.05) is 0 Å². The van der Waals surface area contributed by atoms with Gasteiger partial charge in [-0.05, 0) is 30.7 Å². The first-order valence-corrected chi connectivity index (χ1v) is 5.72. The zero-order valence-electron chi connectivity index (χ0n) is 9.74. The van der Waals surface area contributed by atoms with E-state index in [9.17, 15) is 4.39 Å². The number of aromatic nitrogens is 2. The summed E-state index contributed by atoms with van der Waals surface area (Å²) in [7, 11) is 0. The fourth-order valence-corrected chi connectivity index (χ4v) is 1.71. The molecule has 0 radical (unpaired) electrons. The topological polar surface area (TPSA) is 63.8 Å². The second kappa shape index (κ2) is 5.29. The van der Waals surface area contributed by atoms with Crippen LogP contribution in [0.4, 0.5) is 15.9 Å². The molecule has 0 fully saturated rings. The van der Waals surface area contributed by atoms with E-state index in [1.165, 1.54) is 6.07 Å². The highest BCUT2D eigenvalue weighted by atomic mass is 35.5. The van der Waals surface area contributed by atoms with E-state index in [-0.39, 0.29) is 12.4 Å². The highest BCUT2D eigenvalue weighted by Crippen LogP contribution is 2.27. The molecule has 0 amide bonds. The summed E-state index contributed by atoms with van der Waals surface area (Å²) in [4.78, 5) is 8.12. The quantitative estimate of drug-likeness (QED) is 0.897. The third-order valence-electron chi connectivity index (χ3n) is 2.40. The highest BCUT2D eigenvalue weighted by Gasteiger charge is 2.07. The maximum atomic E-state index is 13.5. The second-order valence-corrected chi connectivity index (χ2v) is 4.18. The number of aryl methyl sites for hydroxylation is 1. The van der Waals surface area contributed by atoms with Crippen molar-refractivity contribution in [2.24, 2.45) is 5.73 Å². The van der Waals surface area contributed by atoms with Crippen LogP contribution in [0.3, 0.4) is 0 Å². The molecule has 1 aromatic heterocycles. The van der Waals surface area contributed by atoms with Gasteiger partial charge in [-0.1, -0.05) is 11.6 Å². The molecule has 0 saturated carbocycles. The average molecular weight is 267 g/mol. The predicted octanol–water partition coefficient (Wildman–Crippen LogP) is 2.78. The van der Waals surface area contributed by atoms with Crippen LogP contribution < -0.4 is 11.1 Å². The minimum absolute atomic E-state index is 0.242. The first-order valence-electron chi connectivity index (χ1n) is 5.35. The molecule has 0 aliphatic heterocycles. The molecule has 2 aromatic rings. The molecule has 6 heteroatoms. The molecule has 0 unspecified atom stereocenters. The van der Waals surface area contributed by atoms with Gasteiger partial charge in [0.1, 0.15) is 17.5 Å². The predicted molar refractivity (Wildman–Crippen MR) is 69.4 cm³/mol. The Morgan fingerprint density at radius 2 is 2.22 bits per heavy atom. The molecule has 0 aliphatic carbocycles. The van der Waals surface area contributed by atoms with Crippen molar-refractivity contribution < 1.29 is 4.39 Å². The van der Waals surface area contributed by atoms with Crippen molar-refractivity contribution in [3.05, 3.63) is 46.6 Å². The maximum Gasteiger partial charge on any atom is 0.144 e. The van der Waals surface area contributed by atoms with E-state index in [1.54, 1.807) is 25.3 Å². The number of nitrogens with zero attached hydrogens (tertiary/aromatic N) is 2. The minimum Gasteiger partial charge on any atom is -0.339 e. The van der Waals surface area contributed by atoms with Crippen LogP contribution in [0.15, 0.2) is 24.4 Å². The Morgan fingerprint density at radius 3 is 2.94 bits per heavy atom. The third-order valence-corrected chi connectivity index (χ3v) is 2.71. The van der Waals surface area contributed by atoms with E-state index >= 15 is 0 Å². The lowest BCUT2D eigenvalue weighted by atomic mass is 10.2. The number of hydrogen-bond donors (Lipinski definition) is 2. The van der Waals surface area contributed by atoms with Crippen molar-refractivity contribution in [3.8, 4) is 0 Å². The van der Waals surface area contributed by atoms with Gasteiger partial charge >= 0.3 is 0 Å². The van der Waals surface area contributed by atoms with Crippen LogP contribution in [-0.2, 0) is 6.54 Å². The molecule has 3 N–H and O–H groups in total. The molecular weight excluding hydrogens is 255 g/mol. The standard InChI is InChI=1S/C12H12ClFN4/c1-7-4-8(13)10(5-9(7)14)17-11-2-3-16-12(6-15)18-11/h2-5H,6,15H2,1H3,(H,16,17,18). The summed E-state index contributed by atoms with van der Waals surface area (Å²) in [5.74, 6) is 0.703. The van der Waals surface area contributed by atoms with Gasteiger partial charge in [-0.2, -0.15) is 0 Å². The molecule has 0 spiro atoms. The SMILES string of the molecule is Cc1cc(Cl)c(Nc2ccnc(CN)n2)cc1F. The van der Waals surface area contributed by atoms with Crippen LogP contribution in [0.1, 0.15) is 11.4 Å². The summed E-state index contributed by atoms with van der Waals surface area (Å²) in [5.41, 5.74) is 6.40. The van der Waals surface area contributed by atoms with Gasteiger partial charge < -0.3 is 11.1 Å². The van der Waals surface area contributed by atoms with Crippen LogP contribution in [0, 0.1) is 12.7 Å². The van der Waals surface area contributed by atoms with Gasteiger partial charge in [-0.25, -0.2) is 14.4 Å². The van der Waals surface area contributed by atoms with Gasteiger partial charge in [-0.15, -0.1) is 0 Å². The fourth-order valence-electron chi connectivity index (χ4n) is 1.45. The van der Waals surface area contributed by atoms with E-state index in [4.69, 9.17) is 17.3 Å². The zero-order chi connectivity index (χ0) is 13.1. The third kappa shape index (κ3) is 2.75. The largest absolute Gasteiger partial charge is 0.339 e. The molecule has 1 aromatic carbocycles. The monoisotopic (exact) mass is 266 g/mol.